The van der Waals surface area contributed by atoms with E-state index in [4.69, 9.17) is 9.84 Å². The molecule has 96 valence electrons. The first-order valence-corrected chi connectivity index (χ1v) is 5.61. The van der Waals surface area contributed by atoms with Crippen molar-refractivity contribution in [2.24, 2.45) is 0 Å². The van der Waals surface area contributed by atoms with Crippen LogP contribution in [0.3, 0.4) is 0 Å². The first-order valence-electron chi connectivity index (χ1n) is 5.61. The summed E-state index contributed by atoms with van der Waals surface area (Å²) in [5.41, 5.74) is -0.463. The normalized spacial score (nSPS) is 13.4. The van der Waals surface area contributed by atoms with E-state index in [9.17, 15) is 9.90 Å². The van der Waals surface area contributed by atoms with Gasteiger partial charge in [-0.1, -0.05) is 13.8 Å². The van der Waals surface area contributed by atoms with Crippen LogP contribution in [-0.4, -0.2) is 53.1 Å². The van der Waals surface area contributed by atoms with E-state index in [0.29, 0.717) is 0 Å². The van der Waals surface area contributed by atoms with E-state index in [0.717, 1.165) is 12.8 Å². The second-order valence-electron chi connectivity index (χ2n) is 4.24. The molecule has 0 heterocycles. The van der Waals surface area contributed by atoms with Crippen molar-refractivity contribution >= 4 is 6.09 Å². The van der Waals surface area contributed by atoms with Crippen LogP contribution in [0.1, 0.15) is 33.6 Å². The Morgan fingerprint density at radius 2 is 1.94 bits per heavy atom. The molecule has 1 amide bonds. The molecule has 0 saturated heterocycles. The molecule has 0 saturated carbocycles. The van der Waals surface area contributed by atoms with Crippen LogP contribution in [0.5, 0.6) is 0 Å². The summed E-state index contributed by atoms with van der Waals surface area (Å²) in [6.45, 7) is 5.50. The number of aliphatic hydroxyl groups is 2. The second kappa shape index (κ2) is 6.70. The molecule has 0 aliphatic rings. The maximum absolute atomic E-state index is 11.6. The van der Waals surface area contributed by atoms with Gasteiger partial charge in [0.1, 0.15) is 5.60 Å². The van der Waals surface area contributed by atoms with Crippen molar-refractivity contribution in [2.75, 3.05) is 20.2 Å². The van der Waals surface area contributed by atoms with Crippen LogP contribution in [-0.2, 0) is 4.74 Å². The van der Waals surface area contributed by atoms with E-state index in [1.807, 2.05) is 20.8 Å². The molecule has 16 heavy (non-hydrogen) atoms. The summed E-state index contributed by atoms with van der Waals surface area (Å²) in [4.78, 5) is 12.9. The maximum atomic E-state index is 11.6. The molecule has 0 aromatic rings. The molecule has 0 aromatic carbocycles. The fraction of sp³-hybridized carbons (Fsp3) is 0.909. The van der Waals surface area contributed by atoms with E-state index < -0.39 is 17.8 Å². The van der Waals surface area contributed by atoms with E-state index in [2.05, 4.69) is 0 Å². The van der Waals surface area contributed by atoms with Gasteiger partial charge in [-0.15, -0.1) is 0 Å². The lowest BCUT2D eigenvalue weighted by molar-refractivity contribution is -0.00888. The van der Waals surface area contributed by atoms with Crippen LogP contribution in [0.2, 0.25) is 0 Å². The topological polar surface area (TPSA) is 70.0 Å². The second-order valence-corrected chi connectivity index (χ2v) is 4.24. The van der Waals surface area contributed by atoms with Gasteiger partial charge in [0.2, 0.25) is 0 Å². The Morgan fingerprint density at radius 3 is 2.31 bits per heavy atom. The predicted molar refractivity (Wildman–Crippen MR) is 61.2 cm³/mol. The highest BCUT2D eigenvalue weighted by Crippen LogP contribution is 2.20. The molecule has 5 nitrogen and oxygen atoms in total. The van der Waals surface area contributed by atoms with Crippen molar-refractivity contribution in [3.05, 3.63) is 0 Å². The van der Waals surface area contributed by atoms with Crippen LogP contribution < -0.4 is 0 Å². The highest BCUT2D eigenvalue weighted by molar-refractivity contribution is 5.67. The number of carbonyl (C=O) groups excluding carboxylic acids is 1. The average Bonchev–Trinajstić information content (AvgIpc) is 2.28. The first kappa shape index (κ1) is 15.2. The third kappa shape index (κ3) is 4.81. The molecule has 1 unspecified atom stereocenters. The third-order valence-electron chi connectivity index (χ3n) is 2.84. The number of amides is 1. The van der Waals surface area contributed by atoms with Crippen LogP contribution in [0.25, 0.3) is 0 Å². The molecule has 0 aliphatic heterocycles. The van der Waals surface area contributed by atoms with Crippen molar-refractivity contribution in [1.82, 2.24) is 4.90 Å². The number of hydrogen-bond acceptors (Lipinski definition) is 4. The van der Waals surface area contributed by atoms with E-state index in [1.165, 1.54) is 11.9 Å². The Labute approximate surface area is 97.0 Å². The van der Waals surface area contributed by atoms with Crippen molar-refractivity contribution in [3.63, 3.8) is 0 Å². The standard InChI is InChI=1S/C11H23NO4/c1-5-11(3,6-2)16-10(15)12(4)7-9(14)8-13/h9,13-14H,5-8H2,1-4H3. The molecule has 0 fully saturated rings. The average molecular weight is 233 g/mol. The van der Waals surface area contributed by atoms with Gasteiger partial charge in [-0.2, -0.15) is 0 Å². The lowest BCUT2D eigenvalue weighted by Crippen LogP contribution is -2.41. The molecule has 1 atom stereocenters. The highest BCUT2D eigenvalue weighted by atomic mass is 16.6. The summed E-state index contributed by atoms with van der Waals surface area (Å²) in [6, 6.07) is 0. The van der Waals surface area contributed by atoms with Gasteiger partial charge < -0.3 is 19.8 Å². The molecular weight excluding hydrogens is 210 g/mol. The molecule has 0 rings (SSSR count). The van der Waals surface area contributed by atoms with Gasteiger partial charge in [0.25, 0.3) is 0 Å². The van der Waals surface area contributed by atoms with Crippen molar-refractivity contribution in [2.45, 2.75) is 45.3 Å². The molecule has 0 radical (unpaired) electrons. The van der Waals surface area contributed by atoms with Crippen molar-refractivity contribution in [3.8, 4) is 0 Å². The Balaban J connectivity index is 4.24. The summed E-state index contributed by atoms with van der Waals surface area (Å²) in [7, 11) is 1.53. The molecule has 0 bridgehead atoms. The van der Waals surface area contributed by atoms with Gasteiger partial charge >= 0.3 is 6.09 Å². The van der Waals surface area contributed by atoms with Gasteiger partial charge in [-0.05, 0) is 19.8 Å². The van der Waals surface area contributed by atoms with Gasteiger partial charge in [0, 0.05) is 7.05 Å². The predicted octanol–water partition coefficient (Wildman–Crippen LogP) is 0.987. The number of nitrogens with zero attached hydrogens (tertiary/aromatic N) is 1. The highest BCUT2D eigenvalue weighted by Gasteiger charge is 2.26. The minimum absolute atomic E-state index is 0.0683. The van der Waals surface area contributed by atoms with E-state index >= 15 is 0 Å². The zero-order valence-corrected chi connectivity index (χ0v) is 10.6. The van der Waals surface area contributed by atoms with Crippen molar-refractivity contribution in [1.29, 1.82) is 0 Å². The fourth-order valence-electron chi connectivity index (χ4n) is 1.13. The number of likely N-dealkylation sites (N-methyl/N-ethyl adjacent to an activating group) is 1. The summed E-state index contributed by atoms with van der Waals surface area (Å²) in [6.07, 6.45) is 0.0860. The molecule has 0 aromatic heterocycles. The van der Waals surface area contributed by atoms with Crippen LogP contribution >= 0.6 is 0 Å². The maximum Gasteiger partial charge on any atom is 0.410 e. The number of carbonyl (C=O) groups is 1. The van der Waals surface area contributed by atoms with Crippen molar-refractivity contribution < 1.29 is 19.7 Å². The Morgan fingerprint density at radius 1 is 1.44 bits per heavy atom. The van der Waals surface area contributed by atoms with Gasteiger partial charge in [0.05, 0.1) is 19.3 Å². The number of ether oxygens (including phenoxy) is 1. The molecule has 0 aliphatic carbocycles. The minimum atomic E-state index is -0.924. The zero-order valence-electron chi connectivity index (χ0n) is 10.6. The van der Waals surface area contributed by atoms with Gasteiger partial charge in [-0.3, -0.25) is 0 Å². The fourth-order valence-corrected chi connectivity index (χ4v) is 1.13. The smallest absolute Gasteiger partial charge is 0.410 e. The zero-order chi connectivity index (χ0) is 12.8. The Kier molecular flexibility index (Phi) is 6.36. The summed E-state index contributed by atoms with van der Waals surface area (Å²) in [5, 5.41) is 17.9. The molecule has 0 spiro atoms. The molecule has 5 heteroatoms. The van der Waals surface area contributed by atoms with Crippen LogP contribution in [0.15, 0.2) is 0 Å². The Bertz CT molecular complexity index is 216. The number of hydrogen-bond donors (Lipinski definition) is 2. The number of rotatable bonds is 6. The summed E-state index contributed by atoms with van der Waals surface area (Å²) >= 11 is 0. The quantitative estimate of drug-likeness (QED) is 0.717. The Hall–Kier alpha value is -0.810. The van der Waals surface area contributed by atoms with Crippen LogP contribution in [0, 0.1) is 0 Å². The van der Waals surface area contributed by atoms with Crippen LogP contribution in [0.4, 0.5) is 4.79 Å². The lowest BCUT2D eigenvalue weighted by atomic mass is 10.0. The van der Waals surface area contributed by atoms with E-state index in [1.54, 1.807) is 0 Å². The summed E-state index contributed by atoms with van der Waals surface area (Å²) in [5.74, 6) is 0. The van der Waals surface area contributed by atoms with Gasteiger partial charge in [-0.25, -0.2) is 4.79 Å². The lowest BCUT2D eigenvalue weighted by Gasteiger charge is -2.30. The largest absolute Gasteiger partial charge is 0.443 e. The SMILES string of the molecule is CCC(C)(CC)OC(=O)N(C)CC(O)CO. The van der Waals surface area contributed by atoms with E-state index in [-0.39, 0.29) is 13.2 Å². The molecular formula is C11H23NO4. The monoisotopic (exact) mass is 233 g/mol. The van der Waals surface area contributed by atoms with Gasteiger partial charge in [0.15, 0.2) is 0 Å². The first-order chi connectivity index (χ1) is 7.38. The molecule has 2 N–H and O–H groups in total. The summed E-state index contributed by atoms with van der Waals surface area (Å²) < 4.78 is 5.34. The minimum Gasteiger partial charge on any atom is -0.443 e. The third-order valence-corrected chi connectivity index (χ3v) is 2.84. The number of aliphatic hydroxyl groups excluding tert-OH is 2.